The summed E-state index contributed by atoms with van der Waals surface area (Å²) in [5, 5.41) is 14.7. The molecular weight excluding hydrogens is 541 g/mol. The predicted octanol–water partition coefficient (Wildman–Crippen LogP) is 4.05. The van der Waals surface area contributed by atoms with Crippen LogP contribution >= 0.6 is 0 Å². The van der Waals surface area contributed by atoms with Gasteiger partial charge in [-0.05, 0) is 54.9 Å². The summed E-state index contributed by atoms with van der Waals surface area (Å²) >= 11 is 0. The highest BCUT2D eigenvalue weighted by atomic mass is 19.4. The molecule has 1 aliphatic carbocycles. The van der Waals surface area contributed by atoms with E-state index in [9.17, 15) is 32.3 Å². The lowest BCUT2D eigenvalue weighted by Crippen LogP contribution is -2.58. The Balaban J connectivity index is 1.59. The number of rotatable bonds is 9. The minimum absolute atomic E-state index is 0.119. The van der Waals surface area contributed by atoms with E-state index in [1.165, 1.54) is 0 Å². The number of piperidine rings is 1. The molecule has 1 aromatic carbocycles. The average molecular weight is 583 g/mol. The number of carbonyl (C=O) groups is 4. The van der Waals surface area contributed by atoms with Gasteiger partial charge in [-0.15, -0.1) is 0 Å². The summed E-state index contributed by atoms with van der Waals surface area (Å²) in [6, 6.07) is 2.90. The molecule has 2 fully saturated rings. The van der Waals surface area contributed by atoms with Gasteiger partial charge in [0, 0.05) is 37.0 Å². The minimum atomic E-state index is -4.48. The molecule has 4 N–H and O–H groups in total. The van der Waals surface area contributed by atoms with Gasteiger partial charge >= 0.3 is 6.18 Å². The lowest BCUT2D eigenvalue weighted by molar-refractivity contribution is -0.142. The molecule has 2 aliphatic rings. The molecule has 3 rings (SSSR count). The zero-order valence-corrected chi connectivity index (χ0v) is 23.9. The highest BCUT2D eigenvalue weighted by molar-refractivity contribution is 5.94. The van der Waals surface area contributed by atoms with Crippen LogP contribution in [0.4, 0.5) is 13.2 Å². The van der Waals surface area contributed by atoms with Crippen LogP contribution in [0.3, 0.4) is 0 Å². The van der Waals surface area contributed by atoms with Gasteiger partial charge in [-0.1, -0.05) is 46.5 Å². The van der Waals surface area contributed by atoms with Crippen LogP contribution in [0, 0.1) is 17.3 Å². The van der Waals surface area contributed by atoms with E-state index in [1.54, 1.807) is 10.4 Å². The Morgan fingerprint density at radius 3 is 2.07 bits per heavy atom. The highest BCUT2D eigenvalue weighted by Crippen LogP contribution is 2.32. The van der Waals surface area contributed by atoms with Gasteiger partial charge in [0.1, 0.15) is 6.04 Å². The van der Waals surface area contributed by atoms with E-state index in [0.29, 0.717) is 38.3 Å². The molecule has 41 heavy (non-hydrogen) atoms. The maximum atomic E-state index is 13.6. The van der Waals surface area contributed by atoms with E-state index in [0.717, 1.165) is 49.9 Å². The zero-order valence-electron chi connectivity index (χ0n) is 23.9. The Morgan fingerprint density at radius 2 is 1.56 bits per heavy atom. The van der Waals surface area contributed by atoms with Crippen molar-refractivity contribution in [2.75, 3.05) is 13.1 Å². The van der Waals surface area contributed by atoms with Crippen molar-refractivity contribution in [3.05, 3.63) is 35.4 Å². The molecule has 1 aliphatic heterocycles. The number of benzene rings is 1. The number of alkyl halides is 3. The van der Waals surface area contributed by atoms with Crippen LogP contribution in [0.15, 0.2) is 24.3 Å². The van der Waals surface area contributed by atoms with Gasteiger partial charge < -0.3 is 15.5 Å². The number of halogens is 3. The van der Waals surface area contributed by atoms with Gasteiger partial charge in [-0.3, -0.25) is 24.4 Å². The van der Waals surface area contributed by atoms with Crippen LogP contribution in [0.25, 0.3) is 0 Å². The topological polar surface area (TPSA) is 128 Å². The first-order valence-electron chi connectivity index (χ1n) is 14.2. The molecule has 0 unspecified atom stereocenters. The van der Waals surface area contributed by atoms with Crippen LogP contribution in [0.2, 0.25) is 0 Å². The molecule has 0 radical (unpaired) electrons. The second-order valence-corrected chi connectivity index (χ2v) is 12.3. The second kappa shape index (κ2) is 13.7. The number of likely N-dealkylation sites (tertiary alicyclic amines) is 1. The van der Waals surface area contributed by atoms with Crippen LogP contribution in [0.1, 0.15) is 88.1 Å². The monoisotopic (exact) mass is 582 g/mol. The first-order chi connectivity index (χ1) is 19.2. The SMILES string of the molecule is CC(C)(C)[C@H](NC(=O)[C@@H](CC(=O)NO)CC1CCCC1)C(=O)N1CCC(NC(=O)c2ccc(C(F)(F)F)cc2)CC1. The number of hydrogen-bond donors (Lipinski definition) is 4. The van der Waals surface area contributed by atoms with Crippen molar-refractivity contribution < 1.29 is 37.6 Å². The van der Waals surface area contributed by atoms with E-state index in [2.05, 4.69) is 10.6 Å². The molecule has 0 spiro atoms. The largest absolute Gasteiger partial charge is 0.416 e. The molecule has 4 amide bonds. The standard InChI is InChI=1S/C29H41F3N4O5/c1-28(2,3)24(34-26(39)20(17-23(37)35-41)16-18-6-4-5-7-18)27(40)36-14-12-22(13-15-36)33-25(38)19-8-10-21(11-9-19)29(30,31)32/h8-11,18,20,22,24,41H,4-7,12-17H2,1-3H3,(H,33,38)(H,34,39)(H,35,37)/t20-,24-/m1/s1. The Labute approximate surface area is 238 Å². The van der Waals surface area contributed by atoms with Crippen molar-refractivity contribution in [3.8, 4) is 0 Å². The van der Waals surface area contributed by atoms with Crippen molar-refractivity contribution in [2.45, 2.75) is 90.4 Å². The number of hydroxylamine groups is 1. The van der Waals surface area contributed by atoms with Gasteiger partial charge in [0.2, 0.25) is 17.7 Å². The quantitative estimate of drug-likeness (QED) is 0.258. The second-order valence-electron chi connectivity index (χ2n) is 12.3. The molecule has 228 valence electrons. The molecule has 1 saturated carbocycles. The van der Waals surface area contributed by atoms with E-state index in [1.807, 2.05) is 20.8 Å². The van der Waals surface area contributed by atoms with Gasteiger partial charge in [0.15, 0.2) is 0 Å². The summed E-state index contributed by atoms with van der Waals surface area (Å²) in [5.41, 5.74) is 0.262. The summed E-state index contributed by atoms with van der Waals surface area (Å²) in [7, 11) is 0. The summed E-state index contributed by atoms with van der Waals surface area (Å²) < 4.78 is 38.4. The van der Waals surface area contributed by atoms with Crippen LogP contribution in [-0.4, -0.2) is 58.9 Å². The van der Waals surface area contributed by atoms with Gasteiger partial charge in [0.05, 0.1) is 5.56 Å². The van der Waals surface area contributed by atoms with E-state index in [4.69, 9.17) is 5.21 Å². The van der Waals surface area contributed by atoms with Gasteiger partial charge in [-0.2, -0.15) is 13.2 Å². The molecule has 0 bridgehead atoms. The van der Waals surface area contributed by atoms with E-state index >= 15 is 0 Å². The average Bonchev–Trinajstić information content (AvgIpc) is 3.43. The van der Waals surface area contributed by atoms with Gasteiger partial charge in [0.25, 0.3) is 5.91 Å². The van der Waals surface area contributed by atoms with Crippen molar-refractivity contribution in [1.82, 2.24) is 21.0 Å². The lowest BCUT2D eigenvalue weighted by atomic mass is 9.84. The fourth-order valence-corrected chi connectivity index (χ4v) is 5.62. The number of nitrogens with one attached hydrogen (secondary N) is 3. The third-order valence-corrected chi connectivity index (χ3v) is 8.04. The van der Waals surface area contributed by atoms with E-state index in [-0.39, 0.29) is 23.9 Å². The molecule has 1 aromatic rings. The molecule has 2 atom stereocenters. The predicted molar refractivity (Wildman–Crippen MR) is 145 cm³/mol. The summed E-state index contributed by atoms with van der Waals surface area (Å²) in [6.07, 6.45) is 0.872. The Kier molecular flexibility index (Phi) is 10.8. The Hall–Kier alpha value is -3.15. The molecule has 12 heteroatoms. The normalized spacial score (nSPS) is 18.5. The summed E-state index contributed by atoms with van der Waals surface area (Å²) in [4.78, 5) is 53.1. The van der Waals surface area contributed by atoms with Crippen molar-refractivity contribution in [1.29, 1.82) is 0 Å². The maximum Gasteiger partial charge on any atom is 0.416 e. The zero-order chi connectivity index (χ0) is 30.4. The van der Waals surface area contributed by atoms with E-state index < -0.39 is 46.8 Å². The number of hydrogen-bond acceptors (Lipinski definition) is 5. The molecule has 1 saturated heterocycles. The van der Waals surface area contributed by atoms with Crippen LogP contribution in [0.5, 0.6) is 0 Å². The fourth-order valence-electron chi connectivity index (χ4n) is 5.62. The third kappa shape index (κ3) is 9.17. The summed E-state index contributed by atoms with van der Waals surface area (Å²) in [5.74, 6) is -2.14. The van der Waals surface area contributed by atoms with Crippen LogP contribution in [-0.2, 0) is 20.6 Å². The molecule has 9 nitrogen and oxygen atoms in total. The fraction of sp³-hybridized carbons (Fsp3) is 0.655. The minimum Gasteiger partial charge on any atom is -0.349 e. The lowest BCUT2D eigenvalue weighted by Gasteiger charge is -2.39. The number of carbonyl (C=O) groups excluding carboxylic acids is 4. The van der Waals surface area contributed by atoms with Crippen molar-refractivity contribution in [3.63, 3.8) is 0 Å². The van der Waals surface area contributed by atoms with Gasteiger partial charge in [-0.25, -0.2) is 5.48 Å². The smallest absolute Gasteiger partial charge is 0.349 e. The maximum absolute atomic E-state index is 13.6. The first-order valence-corrected chi connectivity index (χ1v) is 14.2. The Bertz CT molecular complexity index is 1070. The molecule has 0 aromatic heterocycles. The molecular formula is C29H41F3N4O5. The number of nitrogens with zero attached hydrogens (tertiary/aromatic N) is 1. The Morgan fingerprint density at radius 1 is 0.976 bits per heavy atom. The number of amides is 4. The summed E-state index contributed by atoms with van der Waals surface area (Å²) in [6.45, 7) is 6.20. The first kappa shape index (κ1) is 32.4. The van der Waals surface area contributed by atoms with Crippen LogP contribution < -0.4 is 16.1 Å². The highest BCUT2D eigenvalue weighted by Gasteiger charge is 2.39. The van der Waals surface area contributed by atoms with Crippen molar-refractivity contribution >= 4 is 23.6 Å². The molecule has 1 heterocycles. The van der Waals surface area contributed by atoms with Crippen molar-refractivity contribution in [2.24, 2.45) is 17.3 Å². The third-order valence-electron chi connectivity index (χ3n) is 8.04.